The summed E-state index contributed by atoms with van der Waals surface area (Å²) in [6, 6.07) is 15.5. The summed E-state index contributed by atoms with van der Waals surface area (Å²) in [6.07, 6.45) is -0.817. The molecule has 1 aliphatic carbocycles. The summed E-state index contributed by atoms with van der Waals surface area (Å²) in [5, 5.41) is 0. The molecular formula is C27H21F5N2O5. The maximum atomic E-state index is 13.7. The smallest absolute Gasteiger partial charge is 0.409 e. The van der Waals surface area contributed by atoms with Gasteiger partial charge in [0.15, 0.2) is 0 Å². The van der Waals surface area contributed by atoms with Crippen LogP contribution in [0.25, 0.3) is 11.1 Å². The molecule has 7 nitrogen and oxygen atoms in total. The average molecular weight is 548 g/mol. The van der Waals surface area contributed by atoms with Crippen molar-refractivity contribution in [3.8, 4) is 16.9 Å². The number of hydrogen-bond donors (Lipinski definition) is 0. The van der Waals surface area contributed by atoms with Gasteiger partial charge < -0.3 is 19.3 Å². The van der Waals surface area contributed by atoms with Gasteiger partial charge in [0.25, 0.3) is 0 Å². The molecular weight excluding hydrogens is 527 g/mol. The molecule has 0 saturated heterocycles. The second kappa shape index (κ2) is 11.1. The molecule has 204 valence electrons. The number of amides is 2. The van der Waals surface area contributed by atoms with Crippen LogP contribution < -0.4 is 4.74 Å². The highest BCUT2D eigenvalue weighted by Crippen LogP contribution is 2.44. The molecule has 39 heavy (non-hydrogen) atoms. The lowest BCUT2D eigenvalue weighted by Gasteiger charge is -2.22. The van der Waals surface area contributed by atoms with Crippen molar-refractivity contribution in [2.24, 2.45) is 0 Å². The van der Waals surface area contributed by atoms with Crippen molar-refractivity contribution in [2.45, 2.75) is 5.92 Å². The molecule has 1 aliphatic rings. The number of fused-ring (bicyclic) bond motifs is 3. The Hall–Kier alpha value is -4.48. The highest BCUT2D eigenvalue weighted by atomic mass is 19.2. The van der Waals surface area contributed by atoms with Gasteiger partial charge in [-0.3, -0.25) is 4.79 Å². The van der Waals surface area contributed by atoms with Gasteiger partial charge >= 0.3 is 12.1 Å². The topological polar surface area (TPSA) is 76.2 Å². The Labute approximate surface area is 219 Å². The maximum Gasteiger partial charge on any atom is 0.409 e. The van der Waals surface area contributed by atoms with Crippen LogP contribution in [0, 0.1) is 29.1 Å². The lowest BCUT2D eigenvalue weighted by Crippen LogP contribution is -2.42. The number of hydrogen-bond acceptors (Lipinski definition) is 5. The number of carbonyl (C=O) groups is 3. The van der Waals surface area contributed by atoms with Crippen molar-refractivity contribution >= 4 is 18.0 Å². The molecule has 0 aromatic heterocycles. The van der Waals surface area contributed by atoms with Crippen molar-refractivity contribution in [1.29, 1.82) is 0 Å². The standard InChI is InChI=1S/C27H21F5N2O5/c1-33(12-20(36)39-26-24(31)22(29)21(28)23(30)25(26)32)19(35)11-34(2)27(37)38-13-18-16-9-5-3-7-14(16)15-8-4-6-10-17(15)18/h3-10,18H,11-13H2,1-2H3. The highest BCUT2D eigenvalue weighted by molar-refractivity contribution is 5.86. The minimum absolute atomic E-state index is 0.00940. The fourth-order valence-electron chi connectivity index (χ4n) is 4.19. The number of likely N-dealkylation sites (N-methyl/N-ethyl adjacent to an activating group) is 2. The van der Waals surface area contributed by atoms with Crippen LogP contribution in [0.5, 0.6) is 5.75 Å². The molecule has 0 aliphatic heterocycles. The number of rotatable bonds is 7. The molecule has 0 unspecified atom stereocenters. The summed E-state index contributed by atoms with van der Waals surface area (Å²) in [7, 11) is 2.41. The predicted octanol–water partition coefficient (Wildman–Crippen LogP) is 4.63. The third kappa shape index (κ3) is 5.40. The molecule has 3 aromatic rings. The van der Waals surface area contributed by atoms with E-state index in [-0.39, 0.29) is 12.5 Å². The first-order valence-corrected chi connectivity index (χ1v) is 11.5. The Balaban J connectivity index is 1.32. The molecule has 0 bridgehead atoms. The van der Waals surface area contributed by atoms with Crippen LogP contribution in [0.3, 0.4) is 0 Å². The first-order valence-electron chi connectivity index (χ1n) is 11.5. The molecule has 0 saturated carbocycles. The van der Waals surface area contributed by atoms with Crippen LogP contribution in [-0.2, 0) is 14.3 Å². The fourth-order valence-corrected chi connectivity index (χ4v) is 4.19. The van der Waals surface area contributed by atoms with E-state index < -0.39 is 65.9 Å². The Bertz CT molecular complexity index is 1390. The lowest BCUT2D eigenvalue weighted by atomic mass is 9.98. The molecule has 3 aromatic carbocycles. The first kappa shape index (κ1) is 27.6. The largest absolute Gasteiger partial charge is 0.448 e. The Kier molecular flexibility index (Phi) is 7.84. The summed E-state index contributed by atoms with van der Waals surface area (Å²) >= 11 is 0. The molecule has 0 atom stereocenters. The Morgan fingerprint density at radius 2 is 1.21 bits per heavy atom. The van der Waals surface area contributed by atoms with E-state index >= 15 is 0 Å². The number of benzene rings is 3. The molecule has 12 heteroatoms. The van der Waals surface area contributed by atoms with Crippen LogP contribution >= 0.6 is 0 Å². The summed E-state index contributed by atoms with van der Waals surface area (Å²) in [5.74, 6) is -15.9. The minimum atomic E-state index is -2.41. The maximum absolute atomic E-state index is 13.7. The van der Waals surface area contributed by atoms with Crippen molar-refractivity contribution in [3.05, 3.63) is 88.7 Å². The molecule has 0 N–H and O–H groups in total. The molecule has 2 amide bonds. The monoisotopic (exact) mass is 548 g/mol. The molecule has 0 fully saturated rings. The Morgan fingerprint density at radius 3 is 1.74 bits per heavy atom. The zero-order valence-corrected chi connectivity index (χ0v) is 20.6. The number of esters is 1. The fraction of sp³-hybridized carbons (Fsp3) is 0.222. The Morgan fingerprint density at radius 1 is 0.718 bits per heavy atom. The SMILES string of the molecule is CN(CC(=O)Oc1c(F)c(F)c(F)c(F)c1F)C(=O)CN(C)C(=O)OCC1c2ccccc2-c2ccccc21. The third-order valence-corrected chi connectivity index (χ3v) is 6.20. The predicted molar refractivity (Wildman–Crippen MR) is 127 cm³/mol. The van der Waals surface area contributed by atoms with Crippen LogP contribution in [0.4, 0.5) is 26.7 Å². The quantitative estimate of drug-likeness (QED) is 0.142. The highest BCUT2D eigenvalue weighted by Gasteiger charge is 2.31. The molecule has 0 radical (unpaired) electrons. The van der Waals surface area contributed by atoms with Crippen LogP contribution in [-0.4, -0.2) is 61.6 Å². The van der Waals surface area contributed by atoms with Gasteiger partial charge in [0.2, 0.25) is 40.7 Å². The third-order valence-electron chi connectivity index (χ3n) is 6.20. The van der Waals surface area contributed by atoms with Gasteiger partial charge in [-0.2, -0.15) is 8.78 Å². The van der Waals surface area contributed by atoms with Gasteiger partial charge in [0.05, 0.1) is 0 Å². The van der Waals surface area contributed by atoms with Crippen molar-refractivity contribution in [3.63, 3.8) is 0 Å². The van der Waals surface area contributed by atoms with E-state index in [1.165, 1.54) is 7.05 Å². The molecule has 0 heterocycles. The summed E-state index contributed by atoms with van der Waals surface area (Å²) in [4.78, 5) is 38.8. The van der Waals surface area contributed by atoms with Crippen molar-refractivity contribution in [2.75, 3.05) is 33.8 Å². The molecule has 4 rings (SSSR count). The van der Waals surface area contributed by atoms with E-state index in [2.05, 4.69) is 4.74 Å². The van der Waals surface area contributed by atoms with Gasteiger partial charge in [-0.25, -0.2) is 22.8 Å². The van der Waals surface area contributed by atoms with E-state index in [1.54, 1.807) is 0 Å². The van der Waals surface area contributed by atoms with Gasteiger partial charge in [-0.1, -0.05) is 48.5 Å². The number of carbonyl (C=O) groups excluding carboxylic acids is 3. The number of nitrogens with zero attached hydrogens (tertiary/aromatic N) is 2. The number of halogens is 5. The first-order chi connectivity index (χ1) is 18.5. The van der Waals surface area contributed by atoms with E-state index in [1.807, 2.05) is 48.5 Å². The van der Waals surface area contributed by atoms with Crippen molar-refractivity contribution in [1.82, 2.24) is 9.80 Å². The zero-order valence-electron chi connectivity index (χ0n) is 20.6. The van der Waals surface area contributed by atoms with Gasteiger partial charge in [0.1, 0.15) is 19.7 Å². The second-order valence-electron chi connectivity index (χ2n) is 8.78. The zero-order chi connectivity index (χ0) is 28.4. The minimum Gasteiger partial charge on any atom is -0.448 e. The van der Waals surface area contributed by atoms with Crippen molar-refractivity contribution < 1.29 is 45.8 Å². The summed E-state index contributed by atoms with van der Waals surface area (Å²) in [5.41, 5.74) is 4.07. The van der Waals surface area contributed by atoms with E-state index in [0.29, 0.717) is 0 Å². The van der Waals surface area contributed by atoms with Gasteiger partial charge in [-0.05, 0) is 22.3 Å². The van der Waals surface area contributed by atoms with Gasteiger partial charge in [0, 0.05) is 20.0 Å². The van der Waals surface area contributed by atoms with E-state index in [0.717, 1.165) is 39.1 Å². The van der Waals surface area contributed by atoms with E-state index in [4.69, 9.17) is 4.74 Å². The molecule has 0 spiro atoms. The normalized spacial score (nSPS) is 12.0. The summed E-state index contributed by atoms with van der Waals surface area (Å²) in [6.45, 7) is -1.44. The van der Waals surface area contributed by atoms with Crippen LogP contribution in [0.15, 0.2) is 48.5 Å². The second-order valence-corrected chi connectivity index (χ2v) is 8.78. The van der Waals surface area contributed by atoms with Crippen LogP contribution in [0.1, 0.15) is 17.0 Å². The van der Waals surface area contributed by atoms with E-state index in [9.17, 15) is 36.3 Å². The van der Waals surface area contributed by atoms with Crippen LogP contribution in [0.2, 0.25) is 0 Å². The van der Waals surface area contributed by atoms with Gasteiger partial charge in [-0.15, -0.1) is 0 Å². The summed E-state index contributed by atoms with van der Waals surface area (Å²) < 4.78 is 76.9. The lowest BCUT2D eigenvalue weighted by molar-refractivity contribution is -0.142. The number of ether oxygens (including phenoxy) is 2. The average Bonchev–Trinajstić information content (AvgIpc) is 3.25.